The Morgan fingerprint density at radius 2 is 1.84 bits per heavy atom. The first-order chi connectivity index (χ1) is 15.2. The fourth-order valence-corrected chi connectivity index (χ4v) is 4.16. The van der Waals surface area contributed by atoms with Gasteiger partial charge in [0.05, 0.1) is 16.8 Å². The fraction of sp³-hybridized carbons (Fsp3) is 0.208. The molecule has 0 atom stereocenters. The topological polar surface area (TPSA) is 65.5 Å². The lowest BCUT2D eigenvalue weighted by Gasteiger charge is -2.22. The van der Waals surface area contributed by atoms with Crippen LogP contribution in [-0.2, 0) is 4.79 Å². The third kappa shape index (κ3) is 5.58. The SMILES string of the molecule is O=C(/C=C/c1ccccc1)Nc1ccc(N2CCCN(C(=O)c3cccs3)CC2)nc1. The van der Waals surface area contributed by atoms with Crippen molar-refractivity contribution >= 4 is 40.7 Å². The number of hydrogen-bond donors (Lipinski definition) is 1. The fourth-order valence-electron chi connectivity index (χ4n) is 3.47. The minimum absolute atomic E-state index is 0.103. The molecule has 0 saturated carbocycles. The highest BCUT2D eigenvalue weighted by Crippen LogP contribution is 2.18. The molecule has 31 heavy (non-hydrogen) atoms. The number of carbonyl (C=O) groups excluding carboxylic acids is 2. The Labute approximate surface area is 185 Å². The second-order valence-corrected chi connectivity index (χ2v) is 8.20. The third-order valence-corrected chi connectivity index (χ3v) is 5.94. The normalized spacial score (nSPS) is 14.5. The summed E-state index contributed by atoms with van der Waals surface area (Å²) in [6, 6.07) is 17.2. The van der Waals surface area contributed by atoms with E-state index in [0.29, 0.717) is 12.2 Å². The Kier molecular flexibility index (Phi) is 6.74. The Hall–Kier alpha value is -3.45. The maximum atomic E-state index is 12.6. The first kappa shape index (κ1) is 20.8. The number of aromatic nitrogens is 1. The van der Waals surface area contributed by atoms with Gasteiger partial charge in [0.2, 0.25) is 5.91 Å². The number of carbonyl (C=O) groups is 2. The lowest BCUT2D eigenvalue weighted by Crippen LogP contribution is -2.35. The van der Waals surface area contributed by atoms with Gasteiger partial charge in [0.25, 0.3) is 5.91 Å². The van der Waals surface area contributed by atoms with E-state index in [4.69, 9.17) is 0 Å². The Morgan fingerprint density at radius 3 is 2.58 bits per heavy atom. The van der Waals surface area contributed by atoms with Gasteiger partial charge in [-0.1, -0.05) is 36.4 Å². The van der Waals surface area contributed by atoms with Gasteiger partial charge in [0, 0.05) is 32.3 Å². The van der Waals surface area contributed by atoms with Gasteiger partial charge in [-0.2, -0.15) is 0 Å². The number of rotatable bonds is 5. The number of anilines is 2. The van der Waals surface area contributed by atoms with Crippen LogP contribution in [0.2, 0.25) is 0 Å². The monoisotopic (exact) mass is 432 g/mol. The van der Waals surface area contributed by atoms with Crippen molar-refractivity contribution in [1.29, 1.82) is 0 Å². The summed E-state index contributed by atoms with van der Waals surface area (Å²) in [7, 11) is 0. The molecular weight excluding hydrogens is 408 g/mol. The molecular formula is C24H24N4O2S. The maximum absolute atomic E-state index is 12.6. The Morgan fingerprint density at radius 1 is 0.968 bits per heavy atom. The van der Waals surface area contributed by atoms with Crippen LogP contribution in [0.15, 0.2) is 72.3 Å². The number of thiophene rings is 1. The second-order valence-electron chi connectivity index (χ2n) is 7.25. The van der Waals surface area contributed by atoms with E-state index in [1.165, 1.54) is 17.4 Å². The van der Waals surface area contributed by atoms with Gasteiger partial charge in [-0.3, -0.25) is 9.59 Å². The largest absolute Gasteiger partial charge is 0.355 e. The predicted molar refractivity (Wildman–Crippen MR) is 125 cm³/mol. The maximum Gasteiger partial charge on any atom is 0.263 e. The third-order valence-electron chi connectivity index (χ3n) is 5.08. The van der Waals surface area contributed by atoms with Crippen LogP contribution in [0.1, 0.15) is 21.7 Å². The highest BCUT2D eigenvalue weighted by Gasteiger charge is 2.21. The van der Waals surface area contributed by atoms with Crippen molar-refractivity contribution in [3.63, 3.8) is 0 Å². The quantitative estimate of drug-likeness (QED) is 0.615. The highest BCUT2D eigenvalue weighted by molar-refractivity contribution is 7.12. The van der Waals surface area contributed by atoms with Crippen molar-refractivity contribution < 1.29 is 9.59 Å². The number of hydrogen-bond acceptors (Lipinski definition) is 5. The number of nitrogens with zero attached hydrogens (tertiary/aromatic N) is 3. The van der Waals surface area contributed by atoms with Gasteiger partial charge in [0.15, 0.2) is 0 Å². The van der Waals surface area contributed by atoms with Crippen LogP contribution in [0, 0.1) is 0 Å². The second kappa shape index (κ2) is 10.0. The van der Waals surface area contributed by atoms with Crippen LogP contribution in [0.3, 0.4) is 0 Å². The van der Waals surface area contributed by atoms with E-state index in [2.05, 4.69) is 15.2 Å². The summed E-state index contributed by atoms with van der Waals surface area (Å²) in [6.07, 6.45) is 5.85. The molecule has 0 aliphatic carbocycles. The van der Waals surface area contributed by atoms with Gasteiger partial charge >= 0.3 is 0 Å². The molecule has 2 amide bonds. The molecule has 1 fully saturated rings. The van der Waals surface area contributed by atoms with E-state index in [1.807, 2.05) is 64.9 Å². The minimum Gasteiger partial charge on any atom is -0.355 e. The molecule has 1 aromatic carbocycles. The molecule has 158 valence electrons. The molecule has 0 radical (unpaired) electrons. The smallest absolute Gasteiger partial charge is 0.263 e. The zero-order valence-corrected chi connectivity index (χ0v) is 17.9. The van der Waals surface area contributed by atoms with E-state index in [-0.39, 0.29) is 11.8 Å². The van der Waals surface area contributed by atoms with Crippen molar-refractivity contribution in [2.75, 3.05) is 36.4 Å². The van der Waals surface area contributed by atoms with Gasteiger partial charge in [-0.05, 0) is 41.6 Å². The average Bonchev–Trinajstić information content (AvgIpc) is 3.23. The summed E-state index contributed by atoms with van der Waals surface area (Å²) >= 11 is 1.48. The van der Waals surface area contributed by atoms with Crippen LogP contribution in [0.25, 0.3) is 6.08 Å². The molecule has 6 nitrogen and oxygen atoms in total. The molecule has 1 aliphatic rings. The zero-order valence-electron chi connectivity index (χ0n) is 17.1. The number of pyridine rings is 1. The van der Waals surface area contributed by atoms with E-state index < -0.39 is 0 Å². The number of nitrogens with one attached hydrogen (secondary N) is 1. The van der Waals surface area contributed by atoms with Crippen LogP contribution in [-0.4, -0.2) is 47.9 Å². The van der Waals surface area contributed by atoms with E-state index >= 15 is 0 Å². The lowest BCUT2D eigenvalue weighted by atomic mass is 10.2. The summed E-state index contributed by atoms with van der Waals surface area (Å²) in [6.45, 7) is 2.98. The van der Waals surface area contributed by atoms with Crippen molar-refractivity contribution in [3.05, 3.63) is 82.7 Å². The summed E-state index contributed by atoms with van der Waals surface area (Å²) < 4.78 is 0. The molecule has 0 bridgehead atoms. The van der Waals surface area contributed by atoms with Gasteiger partial charge in [-0.15, -0.1) is 11.3 Å². The van der Waals surface area contributed by atoms with Crippen molar-refractivity contribution in [1.82, 2.24) is 9.88 Å². The lowest BCUT2D eigenvalue weighted by molar-refractivity contribution is -0.111. The molecule has 4 rings (SSSR count). The standard InChI is InChI=1S/C24H24N4O2S/c29-23(12-9-19-6-2-1-3-7-19)26-20-10-11-22(25-18-20)27-13-5-14-28(16-15-27)24(30)21-8-4-17-31-21/h1-4,6-12,17-18H,5,13-16H2,(H,26,29)/b12-9+. The molecule has 1 saturated heterocycles. The molecule has 1 aliphatic heterocycles. The molecule has 7 heteroatoms. The van der Waals surface area contributed by atoms with E-state index in [9.17, 15) is 9.59 Å². The average molecular weight is 433 g/mol. The highest BCUT2D eigenvalue weighted by atomic mass is 32.1. The number of amides is 2. The van der Waals surface area contributed by atoms with E-state index in [1.54, 1.807) is 12.3 Å². The summed E-state index contributed by atoms with van der Waals surface area (Å²) in [5, 5.41) is 4.76. The summed E-state index contributed by atoms with van der Waals surface area (Å²) in [4.78, 5) is 34.2. The zero-order chi connectivity index (χ0) is 21.5. The minimum atomic E-state index is -0.198. The summed E-state index contributed by atoms with van der Waals surface area (Å²) in [5.41, 5.74) is 1.62. The first-order valence-electron chi connectivity index (χ1n) is 10.3. The van der Waals surface area contributed by atoms with Crippen molar-refractivity contribution in [3.8, 4) is 0 Å². The van der Waals surface area contributed by atoms with Crippen molar-refractivity contribution in [2.45, 2.75) is 6.42 Å². The molecule has 2 aromatic heterocycles. The Balaban J connectivity index is 1.32. The van der Waals surface area contributed by atoms with Crippen LogP contribution >= 0.6 is 11.3 Å². The molecule has 1 N–H and O–H groups in total. The van der Waals surface area contributed by atoms with Crippen molar-refractivity contribution in [2.24, 2.45) is 0 Å². The number of benzene rings is 1. The Bertz CT molecular complexity index is 1030. The predicted octanol–water partition coefficient (Wildman–Crippen LogP) is 4.15. The van der Waals surface area contributed by atoms with Gasteiger partial charge in [-0.25, -0.2) is 4.98 Å². The van der Waals surface area contributed by atoms with Gasteiger partial charge in [0.1, 0.15) is 5.82 Å². The molecule has 3 aromatic rings. The van der Waals surface area contributed by atoms with Crippen LogP contribution < -0.4 is 10.2 Å². The van der Waals surface area contributed by atoms with Crippen LogP contribution in [0.5, 0.6) is 0 Å². The van der Waals surface area contributed by atoms with Crippen LogP contribution in [0.4, 0.5) is 11.5 Å². The summed E-state index contributed by atoms with van der Waals surface area (Å²) in [5.74, 6) is 0.755. The van der Waals surface area contributed by atoms with Gasteiger partial charge < -0.3 is 15.1 Å². The molecule has 0 unspecified atom stereocenters. The molecule has 0 spiro atoms. The molecule has 3 heterocycles. The first-order valence-corrected chi connectivity index (χ1v) is 11.1. The van der Waals surface area contributed by atoms with E-state index in [0.717, 1.165) is 42.3 Å².